The number of para-hydroxylation sites is 1. The van der Waals surface area contributed by atoms with Gasteiger partial charge in [0.15, 0.2) is 0 Å². The molecule has 0 radical (unpaired) electrons. The summed E-state index contributed by atoms with van der Waals surface area (Å²) in [4.78, 5) is 11.8. The van der Waals surface area contributed by atoms with Crippen LogP contribution in [0.5, 0.6) is 0 Å². The summed E-state index contributed by atoms with van der Waals surface area (Å²) in [5.41, 5.74) is 0.580. The first kappa shape index (κ1) is 13.4. The van der Waals surface area contributed by atoms with Crippen LogP contribution in [0, 0.1) is 11.3 Å². The number of carbonyl (C=O) groups is 1. The average Bonchev–Trinajstić information content (AvgIpc) is 3.08. The third-order valence-corrected chi connectivity index (χ3v) is 3.04. The number of amides is 1. The zero-order chi connectivity index (χ0) is 14.1. The molecular formula is C15H18N2O2. The van der Waals surface area contributed by atoms with Crippen LogP contribution in [-0.2, 0) is 10.2 Å². The predicted octanol–water partition coefficient (Wildman–Crippen LogP) is 3.59. The SMILES string of the molecule is CC(C)(C)OC(=O)Nc1ccccc1C1(C#N)CC1. The van der Waals surface area contributed by atoms with Crippen LogP contribution in [0.1, 0.15) is 39.2 Å². The number of nitrogens with one attached hydrogen (secondary N) is 1. The van der Waals surface area contributed by atoms with Crippen LogP contribution in [0.3, 0.4) is 0 Å². The van der Waals surface area contributed by atoms with E-state index in [0.717, 1.165) is 18.4 Å². The van der Waals surface area contributed by atoms with Crippen molar-refractivity contribution in [1.82, 2.24) is 0 Å². The molecule has 0 bridgehead atoms. The normalized spacial score (nSPS) is 16.3. The maximum atomic E-state index is 11.8. The van der Waals surface area contributed by atoms with Crippen molar-refractivity contribution in [2.24, 2.45) is 0 Å². The fraction of sp³-hybridized carbons (Fsp3) is 0.467. The minimum Gasteiger partial charge on any atom is -0.444 e. The van der Waals surface area contributed by atoms with Crippen LogP contribution >= 0.6 is 0 Å². The van der Waals surface area contributed by atoms with Crippen LogP contribution < -0.4 is 5.32 Å². The van der Waals surface area contributed by atoms with Gasteiger partial charge in [0.05, 0.1) is 11.5 Å². The first-order valence-corrected chi connectivity index (χ1v) is 6.37. The van der Waals surface area contributed by atoms with E-state index in [1.54, 1.807) is 6.07 Å². The standard InChI is InChI=1S/C15H18N2O2/c1-14(2,3)19-13(18)17-12-7-5-4-6-11(12)15(10-16)8-9-15/h4-7H,8-9H2,1-3H3,(H,17,18). The molecule has 1 amide bonds. The van der Waals surface area contributed by atoms with E-state index >= 15 is 0 Å². The van der Waals surface area contributed by atoms with E-state index in [-0.39, 0.29) is 0 Å². The van der Waals surface area contributed by atoms with Gasteiger partial charge in [0.1, 0.15) is 5.60 Å². The lowest BCUT2D eigenvalue weighted by Gasteiger charge is -2.21. The minimum atomic E-state index is -0.536. The molecule has 0 aromatic heterocycles. The molecule has 1 aliphatic rings. The summed E-state index contributed by atoms with van der Waals surface area (Å²) in [6.45, 7) is 5.45. The molecule has 100 valence electrons. The molecule has 0 spiro atoms. The Kier molecular flexibility index (Phi) is 3.23. The van der Waals surface area contributed by atoms with E-state index in [1.807, 2.05) is 39.0 Å². The monoisotopic (exact) mass is 258 g/mol. The smallest absolute Gasteiger partial charge is 0.412 e. The van der Waals surface area contributed by atoms with Gasteiger partial charge in [-0.1, -0.05) is 18.2 Å². The molecule has 4 heteroatoms. The molecule has 4 nitrogen and oxygen atoms in total. The lowest BCUT2D eigenvalue weighted by atomic mass is 9.96. The number of rotatable bonds is 2. The fourth-order valence-corrected chi connectivity index (χ4v) is 1.99. The minimum absolute atomic E-state index is 0.425. The maximum absolute atomic E-state index is 11.8. The highest BCUT2D eigenvalue weighted by atomic mass is 16.6. The molecule has 0 saturated heterocycles. The van der Waals surface area contributed by atoms with Crippen LogP contribution in [0.15, 0.2) is 24.3 Å². The van der Waals surface area contributed by atoms with E-state index in [9.17, 15) is 10.1 Å². The van der Waals surface area contributed by atoms with E-state index < -0.39 is 17.1 Å². The quantitative estimate of drug-likeness (QED) is 0.881. The lowest BCUT2D eigenvalue weighted by Crippen LogP contribution is -2.27. The summed E-state index contributed by atoms with van der Waals surface area (Å²) in [7, 11) is 0. The molecule has 19 heavy (non-hydrogen) atoms. The van der Waals surface area contributed by atoms with Crippen molar-refractivity contribution in [2.45, 2.75) is 44.6 Å². The summed E-state index contributed by atoms with van der Waals surface area (Å²) in [6, 6.07) is 9.75. The zero-order valence-corrected chi connectivity index (χ0v) is 11.5. The predicted molar refractivity (Wildman–Crippen MR) is 72.8 cm³/mol. The van der Waals surface area contributed by atoms with E-state index in [1.165, 1.54) is 0 Å². The Hall–Kier alpha value is -2.02. The van der Waals surface area contributed by atoms with Crippen molar-refractivity contribution < 1.29 is 9.53 Å². The van der Waals surface area contributed by atoms with E-state index in [2.05, 4.69) is 11.4 Å². The first-order valence-electron chi connectivity index (χ1n) is 6.37. The Morgan fingerprint density at radius 2 is 2.00 bits per heavy atom. The molecule has 2 rings (SSSR count). The van der Waals surface area contributed by atoms with Gasteiger partial charge in [-0.05, 0) is 45.2 Å². The highest BCUT2D eigenvalue weighted by molar-refractivity contribution is 5.86. The average molecular weight is 258 g/mol. The van der Waals surface area contributed by atoms with Gasteiger partial charge in [-0.15, -0.1) is 0 Å². The van der Waals surface area contributed by atoms with Crippen molar-refractivity contribution in [3.05, 3.63) is 29.8 Å². The third-order valence-electron chi connectivity index (χ3n) is 3.04. The van der Waals surface area contributed by atoms with Crippen LogP contribution in [0.4, 0.5) is 10.5 Å². The zero-order valence-electron chi connectivity index (χ0n) is 11.5. The number of ether oxygens (including phenoxy) is 1. The summed E-state index contributed by atoms with van der Waals surface area (Å²) in [5.74, 6) is 0. The summed E-state index contributed by atoms with van der Waals surface area (Å²) >= 11 is 0. The molecule has 1 aromatic rings. The van der Waals surface area contributed by atoms with E-state index in [4.69, 9.17) is 4.74 Å². The first-order chi connectivity index (χ1) is 8.86. The van der Waals surface area contributed by atoms with Gasteiger partial charge in [-0.3, -0.25) is 5.32 Å². The van der Waals surface area contributed by atoms with Gasteiger partial charge in [0, 0.05) is 5.69 Å². The number of benzene rings is 1. The van der Waals surface area contributed by atoms with E-state index in [0.29, 0.717) is 5.69 Å². The van der Waals surface area contributed by atoms with Crippen molar-refractivity contribution in [3.8, 4) is 6.07 Å². The molecule has 0 atom stereocenters. The highest BCUT2D eigenvalue weighted by Gasteiger charge is 2.46. The van der Waals surface area contributed by atoms with Gasteiger partial charge in [-0.2, -0.15) is 5.26 Å². The maximum Gasteiger partial charge on any atom is 0.412 e. The molecule has 0 unspecified atom stereocenters. The van der Waals surface area contributed by atoms with Gasteiger partial charge in [-0.25, -0.2) is 4.79 Å². The lowest BCUT2D eigenvalue weighted by molar-refractivity contribution is 0.0636. The third kappa shape index (κ3) is 3.05. The number of hydrogen-bond donors (Lipinski definition) is 1. The van der Waals surface area contributed by atoms with Gasteiger partial charge >= 0.3 is 6.09 Å². The van der Waals surface area contributed by atoms with Crippen LogP contribution in [0.2, 0.25) is 0 Å². The Morgan fingerprint density at radius 1 is 1.37 bits per heavy atom. The largest absolute Gasteiger partial charge is 0.444 e. The van der Waals surface area contributed by atoms with Crippen molar-refractivity contribution >= 4 is 11.8 Å². The Labute approximate surface area is 113 Å². The molecular weight excluding hydrogens is 240 g/mol. The van der Waals surface area contributed by atoms with Crippen molar-refractivity contribution in [2.75, 3.05) is 5.32 Å². The number of nitrogens with zero attached hydrogens (tertiary/aromatic N) is 1. The Balaban J connectivity index is 2.18. The Morgan fingerprint density at radius 3 is 2.53 bits per heavy atom. The molecule has 0 aliphatic heterocycles. The van der Waals surface area contributed by atoms with Gasteiger partial charge in [0.2, 0.25) is 0 Å². The highest BCUT2D eigenvalue weighted by Crippen LogP contribution is 2.50. The molecule has 1 fully saturated rings. The number of hydrogen-bond acceptors (Lipinski definition) is 3. The number of carbonyl (C=O) groups excluding carboxylic acids is 1. The molecule has 1 aliphatic carbocycles. The topological polar surface area (TPSA) is 62.1 Å². The van der Waals surface area contributed by atoms with Gasteiger partial charge < -0.3 is 4.74 Å². The summed E-state index contributed by atoms with van der Waals surface area (Å²) in [6.07, 6.45) is 1.20. The second-order valence-electron chi connectivity index (χ2n) is 5.87. The second-order valence-corrected chi connectivity index (χ2v) is 5.87. The molecule has 1 aromatic carbocycles. The molecule has 1 saturated carbocycles. The summed E-state index contributed by atoms with van der Waals surface area (Å²) < 4.78 is 5.23. The van der Waals surface area contributed by atoms with Crippen molar-refractivity contribution in [1.29, 1.82) is 5.26 Å². The van der Waals surface area contributed by atoms with Crippen LogP contribution in [0.25, 0.3) is 0 Å². The molecule has 1 N–H and O–H groups in total. The second kappa shape index (κ2) is 4.58. The molecule has 0 heterocycles. The number of nitriles is 1. The van der Waals surface area contributed by atoms with Crippen molar-refractivity contribution in [3.63, 3.8) is 0 Å². The number of anilines is 1. The summed E-state index contributed by atoms with van der Waals surface area (Å²) in [5, 5.41) is 12.0. The Bertz CT molecular complexity index is 534. The van der Waals surface area contributed by atoms with Crippen LogP contribution in [-0.4, -0.2) is 11.7 Å². The fourth-order valence-electron chi connectivity index (χ4n) is 1.99. The van der Waals surface area contributed by atoms with Gasteiger partial charge in [0.25, 0.3) is 0 Å².